The number of nitrogens with one attached hydrogen (secondary N) is 1. The zero-order valence-corrected chi connectivity index (χ0v) is 14.5. The summed E-state index contributed by atoms with van der Waals surface area (Å²) in [6.07, 6.45) is 0. The molecule has 1 atom stereocenters. The molecular formula is C15H12Cl4N2O. The number of nitrogens with two attached hydrogens (primary N) is 1. The van der Waals surface area contributed by atoms with Crippen molar-refractivity contribution in [3.8, 4) is 0 Å². The highest BCUT2D eigenvalue weighted by Gasteiger charge is 2.25. The molecule has 3 N–H and O–H groups in total. The number of amides is 1. The molecule has 1 unspecified atom stereocenters. The molecule has 1 amide bonds. The molecule has 2 aromatic rings. The average Bonchev–Trinajstić information content (AvgIpc) is 2.46. The van der Waals surface area contributed by atoms with Crippen molar-refractivity contribution in [1.29, 1.82) is 0 Å². The van der Waals surface area contributed by atoms with E-state index in [2.05, 4.69) is 5.32 Å². The molecule has 0 aromatic heterocycles. The highest BCUT2D eigenvalue weighted by molar-refractivity contribution is 6.44. The number of rotatable bonds is 4. The second kappa shape index (κ2) is 6.97. The predicted octanol–water partition coefficient (Wildman–Crippen LogP) is 5.25. The maximum absolute atomic E-state index is 11.8. The smallest absolute Gasteiger partial charge is 0.244 e. The molecule has 0 saturated heterocycles. The van der Waals surface area contributed by atoms with Crippen molar-refractivity contribution in [2.24, 2.45) is 5.73 Å². The number of primary amides is 1. The number of carbonyl (C=O) groups is 1. The lowest BCUT2D eigenvalue weighted by molar-refractivity contribution is -0.118. The van der Waals surface area contributed by atoms with Gasteiger partial charge in [-0.15, -0.1) is 0 Å². The average molecular weight is 378 g/mol. The van der Waals surface area contributed by atoms with Crippen LogP contribution in [0.4, 0.5) is 5.69 Å². The van der Waals surface area contributed by atoms with Gasteiger partial charge in [-0.2, -0.15) is 0 Å². The highest BCUT2D eigenvalue weighted by Crippen LogP contribution is 2.37. The van der Waals surface area contributed by atoms with E-state index in [-0.39, 0.29) is 5.02 Å². The van der Waals surface area contributed by atoms with Gasteiger partial charge in [-0.3, -0.25) is 4.79 Å². The summed E-state index contributed by atoms with van der Waals surface area (Å²) < 4.78 is 0. The summed E-state index contributed by atoms with van der Waals surface area (Å²) in [7, 11) is 0. The van der Waals surface area contributed by atoms with Crippen LogP contribution in [0.15, 0.2) is 30.3 Å². The Morgan fingerprint density at radius 3 is 2.23 bits per heavy atom. The Hall–Kier alpha value is -1.13. The zero-order valence-electron chi connectivity index (χ0n) is 11.5. The molecule has 22 heavy (non-hydrogen) atoms. The molecule has 0 aliphatic carbocycles. The summed E-state index contributed by atoms with van der Waals surface area (Å²) in [4.78, 5) is 11.8. The first kappa shape index (κ1) is 17.2. The van der Waals surface area contributed by atoms with Crippen LogP contribution in [0.3, 0.4) is 0 Å². The molecule has 116 valence electrons. The summed E-state index contributed by atoms with van der Waals surface area (Å²) in [6, 6.07) is 7.45. The van der Waals surface area contributed by atoms with Crippen molar-refractivity contribution >= 4 is 58.0 Å². The maximum atomic E-state index is 11.8. The summed E-state index contributed by atoms with van der Waals surface area (Å²) in [5, 5.41) is 4.42. The van der Waals surface area contributed by atoms with Gasteiger partial charge in [-0.25, -0.2) is 0 Å². The van der Waals surface area contributed by atoms with E-state index in [9.17, 15) is 4.79 Å². The fourth-order valence-electron chi connectivity index (χ4n) is 1.99. The molecule has 0 saturated carbocycles. The quantitative estimate of drug-likeness (QED) is 0.715. The van der Waals surface area contributed by atoms with Gasteiger partial charge in [-0.1, -0.05) is 46.4 Å². The van der Waals surface area contributed by atoms with Crippen LogP contribution in [-0.2, 0) is 4.79 Å². The first-order valence-electron chi connectivity index (χ1n) is 6.26. The fraction of sp³-hybridized carbons (Fsp3) is 0.133. The first-order valence-corrected chi connectivity index (χ1v) is 7.78. The van der Waals surface area contributed by atoms with Gasteiger partial charge < -0.3 is 11.1 Å². The molecule has 7 heteroatoms. The van der Waals surface area contributed by atoms with Crippen LogP contribution >= 0.6 is 46.4 Å². The number of benzene rings is 2. The summed E-state index contributed by atoms with van der Waals surface area (Å²) in [6.45, 7) is 1.85. The second-order valence-electron chi connectivity index (χ2n) is 4.70. The van der Waals surface area contributed by atoms with E-state index in [0.29, 0.717) is 26.3 Å². The third-order valence-corrected chi connectivity index (χ3v) is 4.69. The van der Waals surface area contributed by atoms with E-state index in [1.54, 1.807) is 30.3 Å². The number of carbonyl (C=O) groups excluding carboxylic acids is 1. The zero-order chi connectivity index (χ0) is 16.4. The van der Waals surface area contributed by atoms with Crippen molar-refractivity contribution < 1.29 is 4.79 Å². The second-order valence-corrected chi connectivity index (χ2v) is 6.30. The van der Waals surface area contributed by atoms with E-state index >= 15 is 0 Å². The SMILES string of the molecule is Cc1cc(NC(C(N)=O)c2c(Cl)ccc(Cl)c2Cl)ccc1Cl. The first-order chi connectivity index (χ1) is 10.3. The lowest BCUT2D eigenvalue weighted by atomic mass is 10.1. The number of aryl methyl sites for hydroxylation is 1. The molecule has 0 radical (unpaired) electrons. The molecule has 2 rings (SSSR count). The van der Waals surface area contributed by atoms with Crippen LogP contribution in [0.25, 0.3) is 0 Å². The molecule has 0 spiro atoms. The van der Waals surface area contributed by atoms with Gasteiger partial charge in [0.25, 0.3) is 0 Å². The molecule has 2 aromatic carbocycles. The van der Waals surface area contributed by atoms with Gasteiger partial charge in [0.15, 0.2) is 0 Å². The van der Waals surface area contributed by atoms with Gasteiger partial charge in [-0.05, 0) is 42.8 Å². The largest absolute Gasteiger partial charge is 0.370 e. The Morgan fingerprint density at radius 1 is 1.05 bits per heavy atom. The number of halogens is 4. The highest BCUT2D eigenvalue weighted by atomic mass is 35.5. The van der Waals surface area contributed by atoms with Crippen LogP contribution < -0.4 is 11.1 Å². The summed E-state index contributed by atoms with van der Waals surface area (Å²) in [5.74, 6) is -0.626. The molecule has 0 bridgehead atoms. The van der Waals surface area contributed by atoms with Gasteiger partial charge in [0.1, 0.15) is 6.04 Å². The minimum Gasteiger partial charge on any atom is -0.370 e. The lowest BCUT2D eigenvalue weighted by Crippen LogP contribution is -2.28. The molecule has 0 fully saturated rings. The predicted molar refractivity (Wildman–Crippen MR) is 93.2 cm³/mol. The fourth-order valence-corrected chi connectivity index (χ4v) is 2.87. The van der Waals surface area contributed by atoms with Crippen LogP contribution in [0.1, 0.15) is 17.2 Å². The minimum atomic E-state index is -0.917. The molecule has 0 heterocycles. The van der Waals surface area contributed by atoms with Crippen molar-refractivity contribution in [1.82, 2.24) is 0 Å². The Balaban J connectivity index is 2.46. The van der Waals surface area contributed by atoms with Crippen molar-refractivity contribution in [3.05, 3.63) is 61.5 Å². The third kappa shape index (κ3) is 3.61. The topological polar surface area (TPSA) is 55.1 Å². The minimum absolute atomic E-state index is 0.191. The monoisotopic (exact) mass is 376 g/mol. The number of hydrogen-bond donors (Lipinski definition) is 2. The number of hydrogen-bond acceptors (Lipinski definition) is 2. The van der Waals surface area contributed by atoms with E-state index in [1.165, 1.54) is 0 Å². The molecular weight excluding hydrogens is 366 g/mol. The Bertz CT molecular complexity index is 734. The van der Waals surface area contributed by atoms with Crippen LogP contribution in [0.5, 0.6) is 0 Å². The lowest BCUT2D eigenvalue weighted by Gasteiger charge is -2.20. The van der Waals surface area contributed by atoms with Crippen molar-refractivity contribution in [2.45, 2.75) is 13.0 Å². The normalized spacial score (nSPS) is 12.0. The standard InChI is InChI=1S/C15H12Cl4N2O/c1-7-6-8(2-3-9(7)16)21-14(15(20)22)12-10(17)4-5-11(18)13(12)19/h2-6,14,21H,1H3,(H2,20,22). The van der Waals surface area contributed by atoms with E-state index < -0.39 is 11.9 Å². The molecule has 0 aliphatic rings. The van der Waals surface area contributed by atoms with Gasteiger partial charge in [0.05, 0.1) is 10.0 Å². The number of anilines is 1. The van der Waals surface area contributed by atoms with Crippen LogP contribution in [-0.4, -0.2) is 5.91 Å². The van der Waals surface area contributed by atoms with E-state index in [1.807, 2.05) is 6.92 Å². The van der Waals surface area contributed by atoms with Crippen LogP contribution in [0, 0.1) is 6.92 Å². The summed E-state index contributed by atoms with van der Waals surface area (Å²) in [5.41, 5.74) is 7.35. The third-order valence-electron chi connectivity index (χ3n) is 3.12. The Morgan fingerprint density at radius 2 is 1.64 bits per heavy atom. The van der Waals surface area contributed by atoms with Gasteiger partial charge >= 0.3 is 0 Å². The molecule has 3 nitrogen and oxygen atoms in total. The van der Waals surface area contributed by atoms with E-state index in [0.717, 1.165) is 5.56 Å². The van der Waals surface area contributed by atoms with Gasteiger partial charge in [0.2, 0.25) is 5.91 Å². The summed E-state index contributed by atoms with van der Waals surface area (Å²) >= 11 is 24.3. The van der Waals surface area contributed by atoms with E-state index in [4.69, 9.17) is 52.1 Å². The molecule has 0 aliphatic heterocycles. The Labute approximate surface area is 148 Å². The van der Waals surface area contributed by atoms with Crippen LogP contribution in [0.2, 0.25) is 20.1 Å². The van der Waals surface area contributed by atoms with Crippen molar-refractivity contribution in [2.75, 3.05) is 5.32 Å². The maximum Gasteiger partial charge on any atom is 0.244 e. The Kier molecular flexibility index (Phi) is 5.45. The van der Waals surface area contributed by atoms with Crippen molar-refractivity contribution in [3.63, 3.8) is 0 Å². The van der Waals surface area contributed by atoms with Gasteiger partial charge in [0, 0.05) is 21.3 Å².